The van der Waals surface area contributed by atoms with Gasteiger partial charge in [0.05, 0.1) is 12.5 Å². The van der Waals surface area contributed by atoms with E-state index in [1.807, 2.05) is 13.0 Å². The van der Waals surface area contributed by atoms with Gasteiger partial charge in [-0.1, -0.05) is 37.3 Å². The second kappa shape index (κ2) is 9.06. The third kappa shape index (κ3) is 4.57. The van der Waals surface area contributed by atoms with Crippen molar-refractivity contribution < 1.29 is 34.8 Å². The van der Waals surface area contributed by atoms with Crippen LogP contribution in [0.3, 0.4) is 0 Å². The van der Waals surface area contributed by atoms with E-state index in [1.54, 1.807) is 24.3 Å². The number of carbonyl (C=O) groups is 2. The predicted octanol–water partition coefficient (Wildman–Crippen LogP) is -1.19. The van der Waals surface area contributed by atoms with Gasteiger partial charge in [0.15, 0.2) is 6.23 Å². The van der Waals surface area contributed by atoms with Crippen LogP contribution in [0.2, 0.25) is 0 Å². The molecule has 6 atom stereocenters. The third-order valence-corrected chi connectivity index (χ3v) is 4.33. The quantitative estimate of drug-likeness (QED) is 0.383. The zero-order chi connectivity index (χ0) is 19.3. The second-order valence-corrected chi connectivity index (χ2v) is 6.08. The third-order valence-electron chi connectivity index (χ3n) is 4.33. The highest BCUT2D eigenvalue weighted by Crippen LogP contribution is 2.21. The molecule has 1 aromatic carbocycles. The standard InChI is InChI=1S/C17H24N2O7/c1-2-10(9-6-4-3-5-7-9)15(24)18-17(25)19-16-14(23)13(22)12(21)11(8-20)26-16/h3-7,10-14,16,20-23H,2,8H2,1H3,(H2,18,19,24,25)/t10-,11-,12-,13+,14-,16-/m1/s1. The van der Waals surface area contributed by atoms with Gasteiger partial charge in [0.2, 0.25) is 5.91 Å². The SMILES string of the molecule is CC[C@@H](C(=O)NC(=O)N[C@@H]1O[C@H](CO)[C@@H](O)[C@H](O)[C@H]1O)c1ccccc1. The summed E-state index contributed by atoms with van der Waals surface area (Å²) in [4.78, 5) is 24.4. The maximum absolute atomic E-state index is 12.3. The molecule has 1 aliphatic rings. The molecule has 144 valence electrons. The van der Waals surface area contributed by atoms with Crippen LogP contribution in [-0.2, 0) is 9.53 Å². The second-order valence-electron chi connectivity index (χ2n) is 6.08. The first-order valence-corrected chi connectivity index (χ1v) is 8.35. The van der Waals surface area contributed by atoms with Crippen molar-refractivity contribution in [3.05, 3.63) is 35.9 Å². The lowest BCUT2D eigenvalue weighted by molar-refractivity contribution is -0.233. The van der Waals surface area contributed by atoms with Gasteiger partial charge in [0.1, 0.15) is 24.4 Å². The lowest BCUT2D eigenvalue weighted by atomic mass is 9.96. The van der Waals surface area contributed by atoms with E-state index in [2.05, 4.69) is 10.6 Å². The summed E-state index contributed by atoms with van der Waals surface area (Å²) in [5.74, 6) is -1.06. The molecular formula is C17H24N2O7. The molecular weight excluding hydrogens is 344 g/mol. The number of hydrogen-bond acceptors (Lipinski definition) is 7. The number of amides is 3. The van der Waals surface area contributed by atoms with Gasteiger partial charge in [-0.25, -0.2) is 4.79 Å². The van der Waals surface area contributed by atoms with Gasteiger partial charge in [-0.3, -0.25) is 10.1 Å². The van der Waals surface area contributed by atoms with Crippen molar-refractivity contribution in [1.82, 2.24) is 10.6 Å². The molecule has 9 nitrogen and oxygen atoms in total. The number of hydrogen-bond donors (Lipinski definition) is 6. The number of benzene rings is 1. The Morgan fingerprint density at radius 1 is 1.12 bits per heavy atom. The summed E-state index contributed by atoms with van der Waals surface area (Å²) in [5.41, 5.74) is 0.758. The molecule has 0 saturated carbocycles. The van der Waals surface area contributed by atoms with Crippen molar-refractivity contribution in [2.75, 3.05) is 6.61 Å². The molecule has 0 bridgehead atoms. The highest BCUT2D eigenvalue weighted by atomic mass is 16.6. The van der Waals surface area contributed by atoms with E-state index in [0.717, 1.165) is 5.56 Å². The Balaban J connectivity index is 1.98. The minimum atomic E-state index is -1.62. The molecule has 0 aromatic heterocycles. The van der Waals surface area contributed by atoms with E-state index in [-0.39, 0.29) is 0 Å². The van der Waals surface area contributed by atoms with Gasteiger partial charge < -0.3 is 30.5 Å². The number of aliphatic hydroxyl groups is 4. The Morgan fingerprint density at radius 2 is 1.77 bits per heavy atom. The van der Waals surface area contributed by atoms with E-state index in [1.165, 1.54) is 0 Å². The Labute approximate surface area is 150 Å². The van der Waals surface area contributed by atoms with Gasteiger partial charge >= 0.3 is 6.03 Å². The average Bonchev–Trinajstić information content (AvgIpc) is 2.63. The number of ether oxygens (including phenoxy) is 1. The first-order chi connectivity index (χ1) is 12.4. The Hall–Kier alpha value is -2.04. The first kappa shape index (κ1) is 20.3. The van der Waals surface area contributed by atoms with Gasteiger partial charge in [0, 0.05) is 0 Å². The molecule has 1 heterocycles. The highest BCUT2D eigenvalue weighted by Gasteiger charge is 2.44. The predicted molar refractivity (Wildman–Crippen MR) is 89.9 cm³/mol. The number of urea groups is 1. The van der Waals surface area contributed by atoms with E-state index in [4.69, 9.17) is 9.84 Å². The Bertz CT molecular complexity index is 610. The van der Waals surface area contributed by atoms with Crippen molar-refractivity contribution in [2.24, 2.45) is 0 Å². The molecule has 1 aromatic rings. The minimum absolute atomic E-state index is 0.475. The van der Waals surface area contributed by atoms with E-state index in [9.17, 15) is 24.9 Å². The minimum Gasteiger partial charge on any atom is -0.394 e. The number of rotatable bonds is 5. The zero-order valence-corrected chi connectivity index (χ0v) is 14.3. The summed E-state index contributed by atoms with van der Waals surface area (Å²) in [7, 11) is 0. The lowest BCUT2D eigenvalue weighted by Crippen LogP contribution is -2.64. The Morgan fingerprint density at radius 3 is 2.35 bits per heavy atom. The van der Waals surface area contributed by atoms with Crippen LogP contribution in [0.25, 0.3) is 0 Å². The van der Waals surface area contributed by atoms with Gasteiger partial charge in [0.25, 0.3) is 0 Å². The fourth-order valence-corrected chi connectivity index (χ4v) is 2.84. The van der Waals surface area contributed by atoms with Crippen LogP contribution in [-0.4, -0.2) is 69.6 Å². The molecule has 0 spiro atoms. The largest absolute Gasteiger partial charge is 0.394 e. The molecule has 2 rings (SSSR count). The number of nitrogens with one attached hydrogen (secondary N) is 2. The van der Waals surface area contributed by atoms with Crippen molar-refractivity contribution in [1.29, 1.82) is 0 Å². The summed E-state index contributed by atoms with van der Waals surface area (Å²) in [6.45, 7) is 1.20. The fourth-order valence-electron chi connectivity index (χ4n) is 2.84. The lowest BCUT2D eigenvalue weighted by Gasteiger charge is -2.40. The maximum Gasteiger partial charge on any atom is 0.323 e. The molecule has 0 unspecified atom stereocenters. The maximum atomic E-state index is 12.3. The summed E-state index contributed by atoms with van der Waals surface area (Å²) in [5, 5.41) is 42.8. The van der Waals surface area contributed by atoms with Crippen LogP contribution in [0.5, 0.6) is 0 Å². The van der Waals surface area contributed by atoms with E-state index < -0.39 is 55.1 Å². The number of imide groups is 1. The van der Waals surface area contributed by atoms with Crippen molar-refractivity contribution in [3.63, 3.8) is 0 Å². The van der Waals surface area contributed by atoms with Crippen molar-refractivity contribution in [2.45, 2.75) is 49.9 Å². The van der Waals surface area contributed by atoms with Crippen LogP contribution in [0.4, 0.5) is 4.79 Å². The number of aliphatic hydroxyl groups excluding tert-OH is 4. The molecule has 26 heavy (non-hydrogen) atoms. The highest BCUT2D eigenvalue weighted by molar-refractivity contribution is 5.97. The summed E-state index contributed by atoms with van der Waals surface area (Å²) in [6.07, 6.45) is -6.83. The monoisotopic (exact) mass is 368 g/mol. The Kier molecular flexibility index (Phi) is 7.06. The fraction of sp³-hybridized carbons (Fsp3) is 0.529. The van der Waals surface area contributed by atoms with Crippen LogP contribution < -0.4 is 10.6 Å². The van der Waals surface area contributed by atoms with Crippen molar-refractivity contribution >= 4 is 11.9 Å². The molecule has 1 aliphatic heterocycles. The zero-order valence-electron chi connectivity index (χ0n) is 14.3. The van der Waals surface area contributed by atoms with Crippen molar-refractivity contribution in [3.8, 4) is 0 Å². The average molecular weight is 368 g/mol. The smallest absolute Gasteiger partial charge is 0.323 e. The molecule has 1 saturated heterocycles. The first-order valence-electron chi connectivity index (χ1n) is 8.35. The molecule has 6 N–H and O–H groups in total. The summed E-state index contributed by atoms with van der Waals surface area (Å²) >= 11 is 0. The van der Waals surface area contributed by atoms with Crippen LogP contribution in [0.15, 0.2) is 30.3 Å². The van der Waals surface area contributed by atoms with Crippen LogP contribution in [0, 0.1) is 0 Å². The topological polar surface area (TPSA) is 148 Å². The molecule has 0 aliphatic carbocycles. The normalized spacial score (nSPS) is 29.7. The molecule has 3 amide bonds. The number of carbonyl (C=O) groups excluding carboxylic acids is 2. The van der Waals surface area contributed by atoms with Gasteiger partial charge in [-0.05, 0) is 12.0 Å². The van der Waals surface area contributed by atoms with Gasteiger partial charge in [-0.15, -0.1) is 0 Å². The van der Waals surface area contributed by atoms with Crippen LogP contribution >= 0.6 is 0 Å². The molecule has 1 fully saturated rings. The van der Waals surface area contributed by atoms with E-state index in [0.29, 0.717) is 6.42 Å². The van der Waals surface area contributed by atoms with E-state index >= 15 is 0 Å². The van der Waals surface area contributed by atoms with Gasteiger partial charge in [-0.2, -0.15) is 0 Å². The summed E-state index contributed by atoms with van der Waals surface area (Å²) < 4.78 is 5.16. The summed E-state index contributed by atoms with van der Waals surface area (Å²) in [6, 6.07) is 8.04. The molecule has 0 radical (unpaired) electrons. The van der Waals surface area contributed by atoms with Crippen LogP contribution in [0.1, 0.15) is 24.8 Å². The molecule has 9 heteroatoms.